The van der Waals surface area contributed by atoms with Gasteiger partial charge in [-0.15, -0.1) is 0 Å². The third kappa shape index (κ3) is 2.37. The van der Waals surface area contributed by atoms with Crippen molar-refractivity contribution in [1.29, 1.82) is 0 Å². The molecule has 1 aliphatic rings. The summed E-state index contributed by atoms with van der Waals surface area (Å²) in [5.41, 5.74) is 3.07. The van der Waals surface area contributed by atoms with E-state index in [4.69, 9.17) is 9.88 Å². The molecule has 1 aliphatic heterocycles. The first-order valence-corrected chi connectivity index (χ1v) is 7.93. The van der Waals surface area contributed by atoms with Gasteiger partial charge in [0, 0.05) is 0 Å². The minimum absolute atomic E-state index is 0.209. The fraction of sp³-hybridized carbons (Fsp3) is 0.571. The lowest BCUT2D eigenvalue weighted by atomic mass is 9.88. The second kappa shape index (κ2) is 4.21. The molecule has 0 amide bonds. The molecule has 0 aromatic heterocycles. The van der Waals surface area contributed by atoms with Gasteiger partial charge in [0.05, 0.1) is 4.90 Å². The number of fused-ring (bicyclic) bond motifs is 1. The van der Waals surface area contributed by atoms with Gasteiger partial charge < -0.3 is 4.74 Å². The van der Waals surface area contributed by atoms with Crippen LogP contribution in [0.5, 0.6) is 5.75 Å². The summed E-state index contributed by atoms with van der Waals surface area (Å²) in [6, 6.07) is 0. The Hall–Kier alpha value is -1.07. The second-order valence-electron chi connectivity index (χ2n) is 5.92. The minimum Gasteiger partial charge on any atom is -0.487 e. The van der Waals surface area contributed by atoms with Crippen LogP contribution in [-0.4, -0.2) is 14.0 Å². The van der Waals surface area contributed by atoms with Crippen LogP contribution < -0.4 is 9.88 Å². The molecule has 0 radical (unpaired) electrons. The largest absolute Gasteiger partial charge is 0.487 e. The standard InChI is InChI=1S/C14H21NO3S/c1-8-9(2)13(19(15,16)17)10(3)11-6-7-14(4,5)18-12(8)11/h6-7H2,1-5H3,(H2,15,16,17). The number of benzene rings is 1. The Labute approximate surface area is 115 Å². The fourth-order valence-corrected chi connectivity index (χ4v) is 3.90. The van der Waals surface area contributed by atoms with Gasteiger partial charge in [0.2, 0.25) is 10.0 Å². The van der Waals surface area contributed by atoms with Gasteiger partial charge in [0.15, 0.2) is 0 Å². The molecular formula is C14H21NO3S. The van der Waals surface area contributed by atoms with Crippen molar-refractivity contribution in [2.75, 3.05) is 0 Å². The van der Waals surface area contributed by atoms with Crippen molar-refractivity contribution in [3.05, 3.63) is 22.3 Å². The highest BCUT2D eigenvalue weighted by atomic mass is 32.2. The molecule has 1 aromatic rings. The van der Waals surface area contributed by atoms with Crippen LogP contribution in [0.4, 0.5) is 0 Å². The Morgan fingerprint density at radius 1 is 1.11 bits per heavy atom. The van der Waals surface area contributed by atoms with Crippen LogP contribution in [0.2, 0.25) is 0 Å². The van der Waals surface area contributed by atoms with E-state index in [1.165, 1.54) is 0 Å². The smallest absolute Gasteiger partial charge is 0.238 e. The maximum atomic E-state index is 11.8. The number of nitrogens with two attached hydrogens (primary N) is 1. The van der Waals surface area contributed by atoms with Crippen molar-refractivity contribution >= 4 is 10.0 Å². The lowest BCUT2D eigenvalue weighted by molar-refractivity contribution is 0.0832. The number of rotatable bonds is 1. The minimum atomic E-state index is -3.70. The molecule has 4 nitrogen and oxygen atoms in total. The van der Waals surface area contributed by atoms with Crippen molar-refractivity contribution in [2.45, 2.75) is 58.0 Å². The van der Waals surface area contributed by atoms with Crippen molar-refractivity contribution in [3.63, 3.8) is 0 Å². The van der Waals surface area contributed by atoms with Crippen molar-refractivity contribution in [1.82, 2.24) is 0 Å². The van der Waals surface area contributed by atoms with E-state index in [0.29, 0.717) is 5.56 Å². The lowest BCUT2D eigenvalue weighted by Gasteiger charge is -2.35. The molecule has 0 saturated heterocycles. The summed E-state index contributed by atoms with van der Waals surface area (Å²) < 4.78 is 29.6. The Morgan fingerprint density at radius 2 is 1.68 bits per heavy atom. The quantitative estimate of drug-likeness (QED) is 0.860. The van der Waals surface area contributed by atoms with Crippen LogP contribution in [-0.2, 0) is 16.4 Å². The van der Waals surface area contributed by atoms with E-state index >= 15 is 0 Å². The summed E-state index contributed by atoms with van der Waals surface area (Å²) in [4.78, 5) is 0.257. The summed E-state index contributed by atoms with van der Waals surface area (Å²) in [5, 5.41) is 5.35. The predicted molar refractivity (Wildman–Crippen MR) is 75.1 cm³/mol. The van der Waals surface area contributed by atoms with Gasteiger partial charge in [0.25, 0.3) is 0 Å². The van der Waals surface area contributed by atoms with Crippen LogP contribution in [0.25, 0.3) is 0 Å². The number of sulfonamides is 1. The first-order chi connectivity index (χ1) is 8.54. The normalized spacial score (nSPS) is 17.8. The molecule has 0 saturated carbocycles. The average molecular weight is 283 g/mol. The van der Waals surface area contributed by atoms with Gasteiger partial charge in [0.1, 0.15) is 11.4 Å². The first-order valence-electron chi connectivity index (χ1n) is 6.39. The molecule has 0 unspecified atom stereocenters. The summed E-state index contributed by atoms with van der Waals surface area (Å²) in [6.45, 7) is 9.59. The molecule has 2 rings (SSSR count). The van der Waals surface area contributed by atoms with Crippen LogP contribution in [0.3, 0.4) is 0 Å². The van der Waals surface area contributed by atoms with Gasteiger partial charge in [-0.05, 0) is 69.7 Å². The van der Waals surface area contributed by atoms with Gasteiger partial charge in [-0.1, -0.05) is 0 Å². The molecule has 0 bridgehead atoms. The highest BCUT2D eigenvalue weighted by molar-refractivity contribution is 7.89. The van der Waals surface area contributed by atoms with E-state index in [0.717, 1.165) is 35.3 Å². The highest BCUT2D eigenvalue weighted by Crippen LogP contribution is 2.41. The molecule has 5 heteroatoms. The van der Waals surface area contributed by atoms with Crippen molar-refractivity contribution in [3.8, 4) is 5.75 Å². The molecule has 19 heavy (non-hydrogen) atoms. The molecule has 0 aliphatic carbocycles. The topological polar surface area (TPSA) is 69.4 Å². The Morgan fingerprint density at radius 3 is 2.21 bits per heavy atom. The highest BCUT2D eigenvalue weighted by Gasteiger charge is 2.32. The molecule has 1 aromatic carbocycles. The van der Waals surface area contributed by atoms with Crippen LogP contribution in [0.1, 0.15) is 42.5 Å². The zero-order chi connectivity index (χ0) is 14.6. The van der Waals surface area contributed by atoms with Gasteiger partial charge >= 0.3 is 0 Å². The maximum absolute atomic E-state index is 11.8. The first kappa shape index (κ1) is 14.3. The molecule has 1 heterocycles. The number of primary sulfonamides is 1. The van der Waals surface area contributed by atoms with E-state index in [9.17, 15) is 8.42 Å². The summed E-state index contributed by atoms with van der Waals surface area (Å²) in [7, 11) is -3.70. The molecule has 0 spiro atoms. The monoisotopic (exact) mass is 283 g/mol. The molecular weight excluding hydrogens is 262 g/mol. The third-order valence-corrected chi connectivity index (χ3v) is 5.13. The molecule has 0 atom stereocenters. The fourth-order valence-electron chi connectivity index (χ4n) is 2.77. The lowest BCUT2D eigenvalue weighted by Crippen LogP contribution is -2.34. The Bertz CT molecular complexity index is 645. The predicted octanol–water partition coefficient (Wildman–Crippen LogP) is 2.36. The average Bonchev–Trinajstić information content (AvgIpc) is 2.23. The van der Waals surface area contributed by atoms with Crippen molar-refractivity contribution in [2.24, 2.45) is 5.14 Å². The van der Waals surface area contributed by atoms with E-state index in [2.05, 4.69) is 0 Å². The van der Waals surface area contributed by atoms with Crippen molar-refractivity contribution < 1.29 is 13.2 Å². The maximum Gasteiger partial charge on any atom is 0.238 e. The molecule has 0 fully saturated rings. The van der Waals surface area contributed by atoms with Crippen LogP contribution in [0.15, 0.2) is 4.90 Å². The second-order valence-corrected chi connectivity index (χ2v) is 7.42. The number of hydrogen-bond donors (Lipinski definition) is 1. The summed E-state index contributed by atoms with van der Waals surface area (Å²) in [6.07, 6.45) is 1.69. The van der Waals surface area contributed by atoms with E-state index in [-0.39, 0.29) is 10.5 Å². The number of hydrogen-bond acceptors (Lipinski definition) is 3. The van der Waals surface area contributed by atoms with E-state index < -0.39 is 10.0 Å². The third-order valence-electron chi connectivity index (χ3n) is 3.95. The van der Waals surface area contributed by atoms with Gasteiger partial charge in [-0.25, -0.2) is 13.6 Å². The van der Waals surface area contributed by atoms with Crippen LogP contribution in [0, 0.1) is 20.8 Å². The van der Waals surface area contributed by atoms with Crippen LogP contribution >= 0.6 is 0 Å². The summed E-state index contributed by atoms with van der Waals surface area (Å²) >= 11 is 0. The van der Waals surface area contributed by atoms with Gasteiger partial charge in [-0.3, -0.25) is 0 Å². The molecule has 2 N–H and O–H groups in total. The molecule has 106 valence electrons. The number of ether oxygens (including phenoxy) is 1. The van der Waals surface area contributed by atoms with Gasteiger partial charge in [-0.2, -0.15) is 0 Å². The zero-order valence-corrected chi connectivity index (χ0v) is 12.9. The Balaban J connectivity index is 2.78. The Kier molecular flexibility index (Phi) is 3.18. The zero-order valence-electron chi connectivity index (χ0n) is 12.1. The SMILES string of the molecule is Cc1c(C)c(S(N)(=O)=O)c(C)c2c1OC(C)(C)CC2. The van der Waals surface area contributed by atoms with E-state index in [1.807, 2.05) is 27.7 Å². The van der Waals surface area contributed by atoms with E-state index in [1.54, 1.807) is 6.92 Å². The summed E-state index contributed by atoms with van der Waals surface area (Å²) in [5.74, 6) is 0.832.